The number of nitrogen functional groups attached to an aromatic ring is 4. The standard InChI is InChI=1S/C20H17N3O4S.C14H13BrN2O2.C7H6BrNO2.C7H9NO.C6H5NO2S/c1-27-17-7-3-2-6-16(17)22-20(24)19-15(21)5-4-8-18(19)28-14-11-9-13(10-12-14)23(25)26;1-19-12-8-3-2-7-11(12)17-14(18)13-9(15)5-4-6-10(13)16;8-4-2-1-3-5(9)6(4)7(10)11;1-9-7-5-3-2-4-6(7)8;8-7(9)5-1-3-6(10)4-2-5/h2-12H,21H2,1H3,(H,22,24);2-8H,16H2,1H3,(H,17,18);1-3H,9H2,(H,10,11);2-5H,8H2,1H3;1-4,10H. The molecule has 0 aliphatic carbocycles. The number of carboxylic acids is 1. The first kappa shape index (κ1) is 60.8. The monoisotopic (exact) mass is 1210 g/mol. The fourth-order valence-corrected chi connectivity index (χ4v) is 8.54. The number of ether oxygens (including phenoxy) is 3. The molecule has 0 bridgehead atoms. The summed E-state index contributed by atoms with van der Waals surface area (Å²) in [6, 6.07) is 49.1. The van der Waals surface area contributed by atoms with Crippen LogP contribution in [0.25, 0.3) is 0 Å². The van der Waals surface area contributed by atoms with Gasteiger partial charge in [-0.15, -0.1) is 12.6 Å². The molecule has 8 rings (SSSR count). The number of methoxy groups -OCH3 is 3. The number of amides is 2. The van der Waals surface area contributed by atoms with Crippen LogP contribution >= 0.6 is 56.3 Å². The number of non-ortho nitro benzene ring substituents is 2. The zero-order valence-electron chi connectivity index (χ0n) is 41.1. The highest BCUT2D eigenvalue weighted by Crippen LogP contribution is 2.35. The highest BCUT2D eigenvalue weighted by Gasteiger charge is 2.19. The Kier molecular flexibility index (Phi) is 24.1. The highest BCUT2D eigenvalue weighted by molar-refractivity contribution is 9.10. The number of nitrogens with one attached hydrogen (secondary N) is 2. The van der Waals surface area contributed by atoms with Gasteiger partial charge in [-0.3, -0.25) is 29.8 Å². The Hall–Kier alpha value is -8.77. The molecule has 0 aliphatic rings. The number of carboxylic acid groups (broad SMARTS) is 1. The predicted molar refractivity (Wildman–Crippen MR) is 312 cm³/mol. The van der Waals surface area contributed by atoms with Crippen LogP contribution in [0.1, 0.15) is 31.1 Å². The van der Waals surface area contributed by atoms with Crippen LogP contribution in [0.15, 0.2) is 200 Å². The number of rotatable bonds is 12. The number of nitrogens with zero attached hydrogens (tertiary/aromatic N) is 2. The number of aromatic carboxylic acids is 1. The molecule has 8 aromatic carbocycles. The molecule has 2 amide bonds. The maximum absolute atomic E-state index is 12.9. The van der Waals surface area contributed by atoms with Crippen molar-refractivity contribution in [1.82, 2.24) is 0 Å². The number of thiol groups is 1. The van der Waals surface area contributed by atoms with E-state index in [9.17, 15) is 34.6 Å². The Bertz CT molecular complexity index is 3280. The Morgan fingerprint density at radius 2 is 0.883 bits per heavy atom. The topological polar surface area (TPSA) is 314 Å². The third-order valence-electron chi connectivity index (χ3n) is 10.0. The SMILES string of the molecule is COc1ccccc1N.COc1ccccc1NC(=O)c1c(N)cccc1Br.COc1ccccc1NC(=O)c1c(N)cccc1Sc1ccc([N+](=O)[O-])cc1.Nc1cccc(Br)c1C(=O)O.O=[N+]([O-])c1ccc(S)cc1. The Morgan fingerprint density at radius 1 is 0.506 bits per heavy atom. The number of nitro benzene ring substituents is 2. The summed E-state index contributed by atoms with van der Waals surface area (Å²) in [5.41, 5.74) is 26.6. The molecule has 0 saturated carbocycles. The lowest BCUT2D eigenvalue weighted by Crippen LogP contribution is -2.15. The minimum Gasteiger partial charge on any atom is -0.495 e. The van der Waals surface area contributed by atoms with Crippen molar-refractivity contribution in [3.63, 3.8) is 0 Å². The van der Waals surface area contributed by atoms with Crippen LogP contribution in [0, 0.1) is 20.2 Å². The summed E-state index contributed by atoms with van der Waals surface area (Å²) in [6.45, 7) is 0. The lowest BCUT2D eigenvalue weighted by atomic mass is 10.1. The van der Waals surface area contributed by atoms with Crippen molar-refractivity contribution in [2.24, 2.45) is 0 Å². The number of para-hydroxylation sites is 6. The number of hydrogen-bond acceptors (Lipinski definition) is 16. The van der Waals surface area contributed by atoms with Gasteiger partial charge in [-0.1, -0.05) is 66.4 Å². The van der Waals surface area contributed by atoms with E-state index >= 15 is 0 Å². The van der Waals surface area contributed by atoms with Crippen molar-refractivity contribution in [3.8, 4) is 17.2 Å². The van der Waals surface area contributed by atoms with Gasteiger partial charge in [-0.2, -0.15) is 0 Å². The molecule has 0 aliphatic heterocycles. The molecule has 398 valence electrons. The third-order valence-corrected chi connectivity index (χ3v) is 12.7. The van der Waals surface area contributed by atoms with Crippen molar-refractivity contribution in [3.05, 3.63) is 222 Å². The van der Waals surface area contributed by atoms with E-state index in [1.807, 2.05) is 30.3 Å². The summed E-state index contributed by atoms with van der Waals surface area (Å²) in [7, 11) is 4.68. The molecule has 0 fully saturated rings. The summed E-state index contributed by atoms with van der Waals surface area (Å²) in [6.07, 6.45) is 0. The van der Waals surface area contributed by atoms with Crippen LogP contribution in [0.3, 0.4) is 0 Å². The molecule has 23 heteroatoms. The Balaban J connectivity index is 0.000000225. The third kappa shape index (κ3) is 18.5. The maximum atomic E-state index is 12.9. The highest BCUT2D eigenvalue weighted by atomic mass is 79.9. The summed E-state index contributed by atoms with van der Waals surface area (Å²) in [5, 5.41) is 35.1. The second-order valence-electron chi connectivity index (χ2n) is 15.1. The first-order valence-electron chi connectivity index (χ1n) is 22.1. The fourth-order valence-electron chi connectivity index (χ4n) is 6.29. The normalized spacial score (nSPS) is 9.84. The van der Waals surface area contributed by atoms with Crippen molar-refractivity contribution < 1.29 is 43.5 Å². The van der Waals surface area contributed by atoms with Crippen molar-refractivity contribution in [2.75, 3.05) is 54.9 Å². The molecule has 11 N–H and O–H groups in total. The van der Waals surface area contributed by atoms with E-state index in [1.54, 1.807) is 136 Å². The second-order valence-corrected chi connectivity index (χ2v) is 18.5. The largest absolute Gasteiger partial charge is 0.495 e. The van der Waals surface area contributed by atoms with Crippen molar-refractivity contribution >= 4 is 120 Å². The van der Waals surface area contributed by atoms with E-state index in [2.05, 4.69) is 55.1 Å². The summed E-state index contributed by atoms with van der Waals surface area (Å²) < 4.78 is 16.5. The molecular formula is C54H50Br2N8O11S2. The van der Waals surface area contributed by atoms with Gasteiger partial charge in [-0.25, -0.2) is 4.79 Å². The van der Waals surface area contributed by atoms with Crippen LogP contribution in [0.4, 0.5) is 45.5 Å². The first-order valence-corrected chi connectivity index (χ1v) is 25.0. The molecule has 0 atom stereocenters. The number of nitrogens with two attached hydrogens (primary N) is 4. The van der Waals surface area contributed by atoms with Crippen LogP contribution in [0.5, 0.6) is 17.2 Å². The fraction of sp³-hybridized carbons (Fsp3) is 0.0556. The number of benzene rings is 8. The van der Waals surface area contributed by atoms with Crippen LogP contribution in [0.2, 0.25) is 0 Å². The van der Waals surface area contributed by atoms with Gasteiger partial charge in [0.2, 0.25) is 0 Å². The van der Waals surface area contributed by atoms with Gasteiger partial charge in [-0.05, 0) is 129 Å². The van der Waals surface area contributed by atoms with Crippen LogP contribution in [-0.4, -0.2) is 54.1 Å². The molecule has 0 aromatic heterocycles. The number of halogens is 2. The molecule has 0 radical (unpaired) electrons. The average Bonchev–Trinajstić information content (AvgIpc) is 3.40. The van der Waals surface area contributed by atoms with E-state index in [0.29, 0.717) is 64.9 Å². The molecule has 77 heavy (non-hydrogen) atoms. The van der Waals surface area contributed by atoms with Crippen molar-refractivity contribution in [2.45, 2.75) is 14.7 Å². The average molecular weight is 1210 g/mol. The maximum Gasteiger partial charge on any atom is 0.338 e. The van der Waals surface area contributed by atoms with Gasteiger partial charge in [0.25, 0.3) is 23.2 Å². The zero-order chi connectivity index (χ0) is 56.6. The number of carbonyl (C=O) groups is 3. The minimum atomic E-state index is -1.02. The molecule has 0 spiro atoms. The van der Waals surface area contributed by atoms with Gasteiger partial charge < -0.3 is 52.9 Å². The first-order chi connectivity index (χ1) is 36.8. The van der Waals surface area contributed by atoms with E-state index in [-0.39, 0.29) is 34.4 Å². The number of hydrogen-bond donors (Lipinski definition) is 8. The smallest absolute Gasteiger partial charge is 0.338 e. The summed E-state index contributed by atoms with van der Waals surface area (Å²) >= 11 is 11.7. The second kappa shape index (κ2) is 30.6. The number of nitro groups is 2. The number of anilines is 6. The predicted octanol–water partition coefficient (Wildman–Crippen LogP) is 12.8. The van der Waals surface area contributed by atoms with E-state index in [1.165, 1.54) is 43.1 Å². The molecule has 0 heterocycles. The van der Waals surface area contributed by atoms with Gasteiger partial charge in [0.05, 0.1) is 64.9 Å². The van der Waals surface area contributed by atoms with Gasteiger partial charge in [0.15, 0.2) is 0 Å². The number of carbonyl (C=O) groups excluding carboxylic acids is 2. The van der Waals surface area contributed by atoms with E-state index in [0.717, 1.165) is 15.5 Å². The quantitative estimate of drug-likeness (QED) is 0.0244. The summed E-state index contributed by atoms with van der Waals surface area (Å²) in [4.78, 5) is 57.8. The Morgan fingerprint density at radius 3 is 1.29 bits per heavy atom. The Labute approximate surface area is 468 Å². The van der Waals surface area contributed by atoms with Gasteiger partial charge in [0.1, 0.15) is 17.2 Å². The van der Waals surface area contributed by atoms with Crippen LogP contribution in [-0.2, 0) is 0 Å². The van der Waals surface area contributed by atoms with Crippen molar-refractivity contribution in [1.29, 1.82) is 0 Å². The lowest BCUT2D eigenvalue weighted by molar-refractivity contribution is -0.385. The zero-order valence-corrected chi connectivity index (χ0v) is 46.0. The van der Waals surface area contributed by atoms with E-state index < -0.39 is 15.8 Å². The van der Waals surface area contributed by atoms with Crippen LogP contribution < -0.4 is 47.8 Å². The summed E-state index contributed by atoms with van der Waals surface area (Å²) in [5.74, 6) is 0.199. The lowest BCUT2D eigenvalue weighted by Gasteiger charge is -2.14. The molecule has 0 unspecified atom stereocenters. The minimum absolute atomic E-state index is 0.00562. The molecule has 0 saturated heterocycles. The molecule has 8 aromatic rings. The molecular weight excluding hydrogens is 1160 g/mol. The van der Waals surface area contributed by atoms with Gasteiger partial charge in [0, 0.05) is 65.0 Å². The van der Waals surface area contributed by atoms with E-state index in [4.69, 9.17) is 42.3 Å². The molecule has 19 nitrogen and oxygen atoms in total. The van der Waals surface area contributed by atoms with Gasteiger partial charge >= 0.3 is 5.97 Å².